The van der Waals surface area contributed by atoms with E-state index in [2.05, 4.69) is 0 Å². The Hall–Kier alpha value is -1.90. The molecular weight excluding hydrogens is 164 g/mol. The van der Waals surface area contributed by atoms with E-state index < -0.39 is 0 Å². The van der Waals surface area contributed by atoms with Crippen LogP contribution in [0.5, 0.6) is 5.75 Å². The van der Waals surface area contributed by atoms with Crippen molar-refractivity contribution in [1.29, 1.82) is 0 Å². The summed E-state index contributed by atoms with van der Waals surface area (Å²) in [5, 5.41) is 11.0. The molecule has 0 amide bonds. The summed E-state index contributed by atoms with van der Waals surface area (Å²) in [6.45, 7) is 0. The molecular formula is C10H10N2O. The van der Waals surface area contributed by atoms with E-state index in [0.29, 0.717) is 11.4 Å². The maximum atomic E-state index is 9.34. The van der Waals surface area contributed by atoms with E-state index in [1.807, 2.05) is 12.1 Å². The van der Waals surface area contributed by atoms with Gasteiger partial charge >= 0.3 is 0 Å². The average molecular weight is 174 g/mol. The third-order valence-corrected chi connectivity index (χ3v) is 2.11. The molecule has 0 atom stereocenters. The molecule has 3 heteroatoms. The number of benzene rings is 2. The van der Waals surface area contributed by atoms with Gasteiger partial charge in [-0.1, -0.05) is 12.1 Å². The van der Waals surface area contributed by atoms with Gasteiger partial charge in [-0.2, -0.15) is 0 Å². The lowest BCUT2D eigenvalue weighted by Gasteiger charge is -2.05. The summed E-state index contributed by atoms with van der Waals surface area (Å²) in [4.78, 5) is 0. The Kier molecular flexibility index (Phi) is 1.52. The first-order chi connectivity index (χ1) is 6.20. The Morgan fingerprint density at radius 2 is 1.69 bits per heavy atom. The smallest absolute Gasteiger partial charge is 0.139 e. The van der Waals surface area contributed by atoms with Crippen molar-refractivity contribution >= 4 is 22.1 Å². The molecule has 0 unspecified atom stereocenters. The van der Waals surface area contributed by atoms with E-state index >= 15 is 0 Å². The van der Waals surface area contributed by atoms with Crippen molar-refractivity contribution in [2.45, 2.75) is 0 Å². The topological polar surface area (TPSA) is 72.3 Å². The Balaban J connectivity index is 2.94. The maximum absolute atomic E-state index is 9.34. The van der Waals surface area contributed by atoms with Gasteiger partial charge in [-0.05, 0) is 18.2 Å². The number of nitrogen functional groups attached to an aromatic ring is 2. The molecule has 2 rings (SSSR count). The first-order valence-corrected chi connectivity index (χ1v) is 3.96. The summed E-state index contributed by atoms with van der Waals surface area (Å²) >= 11 is 0. The van der Waals surface area contributed by atoms with Crippen LogP contribution in [0.25, 0.3) is 10.8 Å². The van der Waals surface area contributed by atoms with E-state index in [4.69, 9.17) is 11.5 Å². The third-order valence-electron chi connectivity index (χ3n) is 2.11. The van der Waals surface area contributed by atoms with Crippen molar-refractivity contribution in [2.24, 2.45) is 0 Å². The van der Waals surface area contributed by atoms with Crippen LogP contribution in [-0.2, 0) is 0 Å². The Labute approximate surface area is 75.6 Å². The van der Waals surface area contributed by atoms with Crippen molar-refractivity contribution < 1.29 is 5.11 Å². The molecule has 0 aliphatic heterocycles. The minimum atomic E-state index is 0.0955. The van der Waals surface area contributed by atoms with E-state index in [-0.39, 0.29) is 5.75 Å². The van der Waals surface area contributed by atoms with Crippen LogP contribution in [0, 0.1) is 0 Å². The van der Waals surface area contributed by atoms with E-state index in [1.54, 1.807) is 18.2 Å². The third kappa shape index (κ3) is 1.05. The summed E-state index contributed by atoms with van der Waals surface area (Å²) < 4.78 is 0. The molecule has 0 radical (unpaired) electrons. The highest BCUT2D eigenvalue weighted by atomic mass is 16.3. The normalized spacial score (nSPS) is 10.5. The predicted octanol–water partition coefficient (Wildman–Crippen LogP) is 1.71. The number of aromatic hydroxyl groups is 1. The molecule has 0 saturated heterocycles. The molecule has 2 aromatic rings. The molecule has 3 nitrogen and oxygen atoms in total. The first-order valence-electron chi connectivity index (χ1n) is 3.96. The number of anilines is 2. The number of phenolic OH excluding ortho intramolecular Hbond substituents is 1. The molecule has 0 aliphatic carbocycles. The second-order valence-corrected chi connectivity index (χ2v) is 2.94. The highest BCUT2D eigenvalue weighted by Crippen LogP contribution is 2.31. The Morgan fingerprint density at radius 3 is 2.46 bits per heavy atom. The van der Waals surface area contributed by atoms with Gasteiger partial charge in [-0.15, -0.1) is 0 Å². The van der Waals surface area contributed by atoms with Gasteiger partial charge in [0.15, 0.2) is 0 Å². The minimum absolute atomic E-state index is 0.0955. The molecule has 0 aliphatic rings. The predicted molar refractivity (Wildman–Crippen MR) is 54.4 cm³/mol. The standard InChI is InChI=1S/C10H10N2O/c11-8-3-1-2-7-6(8)4-5-9(13)10(7)12/h1-5,13H,11-12H2. The molecule has 0 bridgehead atoms. The average Bonchev–Trinajstić information content (AvgIpc) is 2.12. The SMILES string of the molecule is Nc1cccc2c(N)c(O)ccc12. The van der Waals surface area contributed by atoms with Crippen LogP contribution < -0.4 is 11.5 Å². The second kappa shape index (κ2) is 2.55. The van der Waals surface area contributed by atoms with Crippen LogP contribution in [0.15, 0.2) is 30.3 Å². The zero-order valence-corrected chi connectivity index (χ0v) is 6.99. The molecule has 5 N–H and O–H groups in total. The second-order valence-electron chi connectivity index (χ2n) is 2.94. The maximum Gasteiger partial charge on any atom is 0.139 e. The molecule has 0 aromatic heterocycles. The van der Waals surface area contributed by atoms with Crippen LogP contribution in [0.1, 0.15) is 0 Å². The lowest BCUT2D eigenvalue weighted by atomic mass is 10.1. The minimum Gasteiger partial charge on any atom is -0.506 e. The highest BCUT2D eigenvalue weighted by molar-refractivity contribution is 6.01. The lowest BCUT2D eigenvalue weighted by molar-refractivity contribution is 0.478. The van der Waals surface area contributed by atoms with E-state index in [9.17, 15) is 5.11 Å². The Bertz CT molecular complexity index is 466. The van der Waals surface area contributed by atoms with Crippen molar-refractivity contribution in [3.63, 3.8) is 0 Å². The van der Waals surface area contributed by atoms with Crippen LogP contribution in [0.3, 0.4) is 0 Å². The zero-order chi connectivity index (χ0) is 9.42. The quantitative estimate of drug-likeness (QED) is 0.420. The molecule has 0 heterocycles. The molecule has 0 spiro atoms. The van der Waals surface area contributed by atoms with E-state index in [0.717, 1.165) is 10.8 Å². The summed E-state index contributed by atoms with van der Waals surface area (Å²) in [5.41, 5.74) is 12.5. The van der Waals surface area contributed by atoms with Gasteiger partial charge in [0.05, 0.1) is 5.69 Å². The Morgan fingerprint density at radius 1 is 0.923 bits per heavy atom. The number of rotatable bonds is 0. The van der Waals surface area contributed by atoms with Crippen molar-refractivity contribution in [2.75, 3.05) is 11.5 Å². The van der Waals surface area contributed by atoms with Crippen LogP contribution in [0.2, 0.25) is 0 Å². The van der Waals surface area contributed by atoms with Crippen molar-refractivity contribution in [3.05, 3.63) is 30.3 Å². The number of fused-ring (bicyclic) bond motifs is 1. The zero-order valence-electron chi connectivity index (χ0n) is 6.99. The molecule has 66 valence electrons. The molecule has 13 heavy (non-hydrogen) atoms. The molecule has 0 saturated carbocycles. The highest BCUT2D eigenvalue weighted by Gasteiger charge is 2.03. The van der Waals surface area contributed by atoms with Gasteiger partial charge in [0.2, 0.25) is 0 Å². The van der Waals surface area contributed by atoms with Crippen molar-refractivity contribution in [3.8, 4) is 5.75 Å². The number of hydrogen-bond donors (Lipinski definition) is 3. The van der Waals surface area contributed by atoms with Gasteiger partial charge in [0.25, 0.3) is 0 Å². The van der Waals surface area contributed by atoms with Crippen LogP contribution >= 0.6 is 0 Å². The lowest BCUT2D eigenvalue weighted by Crippen LogP contribution is -1.91. The van der Waals surface area contributed by atoms with Crippen LogP contribution in [0.4, 0.5) is 11.4 Å². The fourth-order valence-electron chi connectivity index (χ4n) is 1.39. The molecule has 0 fully saturated rings. The van der Waals surface area contributed by atoms with Crippen molar-refractivity contribution in [1.82, 2.24) is 0 Å². The van der Waals surface area contributed by atoms with Crippen LogP contribution in [-0.4, -0.2) is 5.11 Å². The number of hydrogen-bond acceptors (Lipinski definition) is 3. The number of phenols is 1. The summed E-state index contributed by atoms with van der Waals surface area (Å²) in [6.07, 6.45) is 0. The summed E-state index contributed by atoms with van der Waals surface area (Å²) in [7, 11) is 0. The fourth-order valence-corrected chi connectivity index (χ4v) is 1.39. The van der Waals surface area contributed by atoms with Gasteiger partial charge in [0, 0.05) is 16.5 Å². The van der Waals surface area contributed by atoms with Gasteiger partial charge < -0.3 is 16.6 Å². The first kappa shape index (κ1) is 7.73. The van der Waals surface area contributed by atoms with E-state index in [1.165, 1.54) is 0 Å². The largest absolute Gasteiger partial charge is 0.506 e. The monoisotopic (exact) mass is 174 g/mol. The number of nitrogens with two attached hydrogens (primary N) is 2. The summed E-state index contributed by atoms with van der Waals surface area (Å²) in [5.74, 6) is 0.0955. The summed E-state index contributed by atoms with van der Waals surface area (Å²) in [6, 6.07) is 8.76. The van der Waals surface area contributed by atoms with Gasteiger partial charge in [-0.25, -0.2) is 0 Å². The van der Waals surface area contributed by atoms with Gasteiger partial charge in [0.1, 0.15) is 5.75 Å². The molecule has 2 aromatic carbocycles. The van der Waals surface area contributed by atoms with Gasteiger partial charge in [-0.3, -0.25) is 0 Å². The fraction of sp³-hybridized carbons (Fsp3) is 0.